The van der Waals surface area contributed by atoms with Gasteiger partial charge in [-0.15, -0.1) is 0 Å². The number of nitrogens with zero attached hydrogens (tertiary/aromatic N) is 1. The first-order valence-corrected chi connectivity index (χ1v) is 5.70. The van der Waals surface area contributed by atoms with Crippen LogP contribution >= 0.6 is 0 Å². The molecule has 17 heavy (non-hydrogen) atoms. The number of hydrogen-bond donors (Lipinski definition) is 2. The molecule has 1 amide bonds. The number of anilines is 2. The lowest BCUT2D eigenvalue weighted by molar-refractivity contribution is 0.100. The summed E-state index contributed by atoms with van der Waals surface area (Å²) in [5.41, 5.74) is 12.8. The van der Waals surface area contributed by atoms with E-state index in [0.29, 0.717) is 17.9 Å². The van der Waals surface area contributed by atoms with E-state index in [1.165, 1.54) is 0 Å². The molecule has 0 bridgehead atoms. The second-order valence-corrected chi connectivity index (χ2v) is 4.09. The average molecular weight is 235 g/mol. The molecule has 1 aliphatic heterocycles. The van der Waals surface area contributed by atoms with Crippen molar-refractivity contribution in [2.24, 2.45) is 5.73 Å². The predicted molar refractivity (Wildman–Crippen MR) is 67.0 cm³/mol. The van der Waals surface area contributed by atoms with Gasteiger partial charge in [0.25, 0.3) is 5.91 Å². The van der Waals surface area contributed by atoms with Gasteiger partial charge in [-0.25, -0.2) is 0 Å². The van der Waals surface area contributed by atoms with Crippen molar-refractivity contribution in [3.05, 3.63) is 23.8 Å². The van der Waals surface area contributed by atoms with Gasteiger partial charge in [-0.1, -0.05) is 0 Å². The summed E-state index contributed by atoms with van der Waals surface area (Å²) in [5.74, 6) is -0.490. The molecule has 92 valence electrons. The van der Waals surface area contributed by atoms with Crippen LogP contribution in [-0.2, 0) is 4.74 Å². The van der Waals surface area contributed by atoms with Gasteiger partial charge < -0.3 is 21.1 Å². The third-order valence-corrected chi connectivity index (χ3v) is 2.89. The van der Waals surface area contributed by atoms with Crippen LogP contribution in [0.2, 0.25) is 0 Å². The molecule has 1 saturated heterocycles. The van der Waals surface area contributed by atoms with Crippen LogP contribution < -0.4 is 16.4 Å². The molecule has 0 saturated carbocycles. The number of amides is 1. The number of carbonyl (C=O) groups is 1. The van der Waals surface area contributed by atoms with E-state index in [0.717, 1.165) is 31.8 Å². The van der Waals surface area contributed by atoms with Crippen LogP contribution in [0.5, 0.6) is 0 Å². The molecule has 0 radical (unpaired) electrons. The molecular weight excluding hydrogens is 218 g/mol. The minimum Gasteiger partial charge on any atom is -0.398 e. The third kappa shape index (κ3) is 2.68. The fraction of sp³-hybridized carbons (Fsp3) is 0.417. The molecule has 1 aromatic rings. The molecule has 0 atom stereocenters. The van der Waals surface area contributed by atoms with Crippen LogP contribution in [0.15, 0.2) is 18.2 Å². The zero-order chi connectivity index (χ0) is 12.3. The van der Waals surface area contributed by atoms with Crippen molar-refractivity contribution in [1.82, 2.24) is 0 Å². The minimum atomic E-state index is -0.490. The number of nitrogen functional groups attached to an aromatic ring is 1. The Morgan fingerprint density at radius 3 is 2.88 bits per heavy atom. The van der Waals surface area contributed by atoms with Gasteiger partial charge in [-0.05, 0) is 24.6 Å². The third-order valence-electron chi connectivity index (χ3n) is 2.89. The summed E-state index contributed by atoms with van der Waals surface area (Å²) in [7, 11) is 0. The highest BCUT2D eigenvalue weighted by Crippen LogP contribution is 2.21. The highest BCUT2D eigenvalue weighted by Gasteiger charge is 2.13. The normalized spacial score (nSPS) is 16.6. The van der Waals surface area contributed by atoms with E-state index in [1.807, 2.05) is 6.07 Å². The lowest BCUT2D eigenvalue weighted by atomic mass is 10.1. The van der Waals surface area contributed by atoms with Crippen molar-refractivity contribution >= 4 is 17.3 Å². The van der Waals surface area contributed by atoms with Crippen molar-refractivity contribution in [2.75, 3.05) is 36.9 Å². The van der Waals surface area contributed by atoms with E-state index >= 15 is 0 Å². The van der Waals surface area contributed by atoms with E-state index in [1.54, 1.807) is 12.1 Å². The smallest absolute Gasteiger partial charge is 0.250 e. The first kappa shape index (κ1) is 11.7. The molecule has 5 heteroatoms. The number of nitrogens with two attached hydrogens (primary N) is 2. The maximum atomic E-state index is 11.2. The van der Waals surface area contributed by atoms with Gasteiger partial charge in [-0.3, -0.25) is 4.79 Å². The van der Waals surface area contributed by atoms with Crippen molar-refractivity contribution in [2.45, 2.75) is 6.42 Å². The summed E-state index contributed by atoms with van der Waals surface area (Å²) < 4.78 is 5.39. The molecule has 1 heterocycles. The summed E-state index contributed by atoms with van der Waals surface area (Å²) in [5, 5.41) is 0. The number of primary amides is 1. The van der Waals surface area contributed by atoms with Crippen LogP contribution in [0.3, 0.4) is 0 Å². The van der Waals surface area contributed by atoms with Gasteiger partial charge in [0.1, 0.15) is 0 Å². The predicted octanol–water partition coefficient (Wildman–Crippen LogP) is 0.594. The van der Waals surface area contributed by atoms with E-state index in [2.05, 4.69) is 4.90 Å². The summed E-state index contributed by atoms with van der Waals surface area (Å²) >= 11 is 0. The molecule has 2 rings (SSSR count). The maximum Gasteiger partial charge on any atom is 0.250 e. The lowest BCUT2D eigenvalue weighted by Gasteiger charge is -2.22. The Kier molecular flexibility index (Phi) is 3.49. The standard InChI is InChI=1S/C12H17N3O2/c13-11-3-2-9(8-10(11)12(14)16)15-4-1-6-17-7-5-15/h2-3,8H,1,4-7,13H2,(H2,14,16). The molecule has 1 aliphatic rings. The van der Waals surface area contributed by atoms with Crippen LogP contribution in [0, 0.1) is 0 Å². The second-order valence-electron chi connectivity index (χ2n) is 4.09. The highest BCUT2D eigenvalue weighted by molar-refractivity contribution is 5.99. The largest absolute Gasteiger partial charge is 0.398 e. The van der Waals surface area contributed by atoms with Crippen LogP contribution in [0.1, 0.15) is 16.8 Å². The molecule has 5 nitrogen and oxygen atoms in total. The average Bonchev–Trinajstić information content (AvgIpc) is 2.58. The number of ether oxygens (including phenoxy) is 1. The quantitative estimate of drug-likeness (QED) is 0.735. The molecule has 4 N–H and O–H groups in total. The lowest BCUT2D eigenvalue weighted by Crippen LogP contribution is -2.26. The molecule has 1 aromatic carbocycles. The Morgan fingerprint density at radius 2 is 2.12 bits per heavy atom. The number of benzene rings is 1. The van der Waals surface area contributed by atoms with E-state index in [9.17, 15) is 4.79 Å². The number of carbonyl (C=O) groups excluding carboxylic acids is 1. The van der Waals surface area contributed by atoms with Gasteiger partial charge in [0.05, 0.1) is 12.2 Å². The van der Waals surface area contributed by atoms with Gasteiger partial charge >= 0.3 is 0 Å². The summed E-state index contributed by atoms with van der Waals surface area (Å²) in [6.07, 6.45) is 0.982. The fourth-order valence-electron chi connectivity index (χ4n) is 1.96. The minimum absolute atomic E-state index is 0.382. The van der Waals surface area contributed by atoms with Crippen molar-refractivity contribution in [3.8, 4) is 0 Å². The van der Waals surface area contributed by atoms with E-state index < -0.39 is 5.91 Å². The van der Waals surface area contributed by atoms with Crippen LogP contribution in [-0.4, -0.2) is 32.2 Å². The first-order chi connectivity index (χ1) is 8.18. The second kappa shape index (κ2) is 5.05. The zero-order valence-corrected chi connectivity index (χ0v) is 9.69. The molecular formula is C12H17N3O2. The topological polar surface area (TPSA) is 81.6 Å². The van der Waals surface area contributed by atoms with Gasteiger partial charge in [0.2, 0.25) is 0 Å². The molecule has 0 aliphatic carbocycles. The summed E-state index contributed by atoms with van der Waals surface area (Å²) in [6, 6.07) is 5.39. The first-order valence-electron chi connectivity index (χ1n) is 5.70. The summed E-state index contributed by atoms with van der Waals surface area (Å²) in [4.78, 5) is 13.4. The maximum absolute atomic E-state index is 11.2. The number of rotatable bonds is 2. The van der Waals surface area contributed by atoms with Gasteiger partial charge in [0, 0.05) is 31.1 Å². The molecule has 0 aromatic heterocycles. The SMILES string of the molecule is NC(=O)c1cc(N2CCCOCC2)ccc1N. The number of hydrogen-bond acceptors (Lipinski definition) is 4. The summed E-state index contributed by atoms with van der Waals surface area (Å²) in [6.45, 7) is 3.23. The van der Waals surface area contributed by atoms with Gasteiger partial charge in [-0.2, -0.15) is 0 Å². The van der Waals surface area contributed by atoms with E-state index in [-0.39, 0.29) is 0 Å². The zero-order valence-electron chi connectivity index (χ0n) is 9.69. The molecule has 0 unspecified atom stereocenters. The Balaban J connectivity index is 2.25. The fourth-order valence-corrected chi connectivity index (χ4v) is 1.96. The molecule has 1 fully saturated rings. The van der Waals surface area contributed by atoms with Crippen LogP contribution in [0.4, 0.5) is 11.4 Å². The van der Waals surface area contributed by atoms with Crippen LogP contribution in [0.25, 0.3) is 0 Å². The molecule has 0 spiro atoms. The Bertz CT molecular complexity index is 412. The Morgan fingerprint density at radius 1 is 1.29 bits per heavy atom. The van der Waals surface area contributed by atoms with Crippen molar-refractivity contribution < 1.29 is 9.53 Å². The van der Waals surface area contributed by atoms with Gasteiger partial charge in [0.15, 0.2) is 0 Å². The van der Waals surface area contributed by atoms with Crippen molar-refractivity contribution in [3.63, 3.8) is 0 Å². The van der Waals surface area contributed by atoms with Crippen molar-refractivity contribution in [1.29, 1.82) is 0 Å². The highest BCUT2D eigenvalue weighted by atomic mass is 16.5. The monoisotopic (exact) mass is 235 g/mol. The van der Waals surface area contributed by atoms with E-state index in [4.69, 9.17) is 16.2 Å². The Hall–Kier alpha value is -1.75. The Labute approximate surface area is 100 Å².